The Labute approximate surface area is 114 Å². The van der Waals surface area contributed by atoms with Gasteiger partial charge < -0.3 is 24.8 Å². The summed E-state index contributed by atoms with van der Waals surface area (Å²) in [5.74, 6) is 0. The molecule has 0 unspecified atom stereocenters. The predicted octanol–water partition coefficient (Wildman–Crippen LogP) is 0.621. The number of aliphatic hydroxyl groups is 3. The molecule has 0 bridgehead atoms. The second-order valence-electron chi connectivity index (χ2n) is 4.85. The first kappa shape index (κ1) is 16.6. The van der Waals surface area contributed by atoms with Crippen molar-refractivity contribution in [2.75, 3.05) is 19.8 Å². The molecule has 1 rings (SSSR count). The molecule has 1 aliphatic heterocycles. The number of aliphatic hydroxyl groups excluding tert-OH is 3. The molecule has 0 amide bonds. The van der Waals surface area contributed by atoms with Gasteiger partial charge in [0.05, 0.1) is 19.8 Å². The van der Waals surface area contributed by atoms with E-state index in [1.807, 2.05) is 0 Å². The first-order valence-corrected chi connectivity index (χ1v) is 7.05. The third-order valence-corrected chi connectivity index (χ3v) is 3.21. The fraction of sp³-hybridized carbons (Fsp3) is 0.857. The van der Waals surface area contributed by atoms with E-state index in [9.17, 15) is 10.2 Å². The van der Waals surface area contributed by atoms with E-state index < -0.39 is 31.0 Å². The van der Waals surface area contributed by atoms with Crippen LogP contribution in [0.5, 0.6) is 0 Å². The van der Waals surface area contributed by atoms with E-state index in [-0.39, 0.29) is 6.61 Å². The van der Waals surface area contributed by atoms with Crippen molar-refractivity contribution in [2.45, 2.75) is 57.0 Å². The largest absolute Gasteiger partial charge is 0.394 e. The third kappa shape index (κ3) is 5.58. The van der Waals surface area contributed by atoms with E-state index in [1.54, 1.807) is 0 Å². The van der Waals surface area contributed by atoms with Crippen molar-refractivity contribution in [3.63, 3.8) is 0 Å². The van der Waals surface area contributed by atoms with Gasteiger partial charge in [0.15, 0.2) is 0 Å². The Kier molecular flexibility index (Phi) is 8.25. The summed E-state index contributed by atoms with van der Waals surface area (Å²) >= 11 is 0. The fourth-order valence-corrected chi connectivity index (χ4v) is 2.09. The number of hydrogen-bond acceptors (Lipinski definition) is 5. The molecule has 0 aromatic rings. The SMILES string of the molecule is CCCC/C=C/CCO[C@@H]1[C@H]([C@H](O)CO)OC[C@@H]1O. The van der Waals surface area contributed by atoms with Crippen LogP contribution in [0.4, 0.5) is 0 Å². The summed E-state index contributed by atoms with van der Waals surface area (Å²) in [5, 5.41) is 28.2. The van der Waals surface area contributed by atoms with Crippen LogP contribution < -0.4 is 0 Å². The van der Waals surface area contributed by atoms with Gasteiger partial charge in [0.25, 0.3) is 0 Å². The van der Waals surface area contributed by atoms with Gasteiger partial charge in [-0.25, -0.2) is 0 Å². The highest BCUT2D eigenvalue weighted by atomic mass is 16.6. The Morgan fingerprint density at radius 2 is 2.11 bits per heavy atom. The molecule has 1 aliphatic rings. The zero-order valence-electron chi connectivity index (χ0n) is 11.6. The van der Waals surface area contributed by atoms with E-state index in [0.29, 0.717) is 6.61 Å². The average molecular weight is 274 g/mol. The lowest BCUT2D eigenvalue weighted by Crippen LogP contribution is -2.42. The van der Waals surface area contributed by atoms with Crippen molar-refractivity contribution in [2.24, 2.45) is 0 Å². The number of allylic oxidation sites excluding steroid dienone is 1. The van der Waals surface area contributed by atoms with Crippen molar-refractivity contribution in [3.8, 4) is 0 Å². The van der Waals surface area contributed by atoms with Crippen LogP contribution in [-0.2, 0) is 9.47 Å². The summed E-state index contributed by atoms with van der Waals surface area (Å²) in [4.78, 5) is 0. The van der Waals surface area contributed by atoms with Crippen LogP contribution in [0.1, 0.15) is 32.6 Å². The van der Waals surface area contributed by atoms with Gasteiger partial charge in [0, 0.05) is 0 Å². The van der Waals surface area contributed by atoms with Gasteiger partial charge in [-0.1, -0.05) is 31.9 Å². The number of ether oxygens (including phenoxy) is 2. The number of hydrogen-bond donors (Lipinski definition) is 3. The monoisotopic (exact) mass is 274 g/mol. The number of unbranched alkanes of at least 4 members (excludes halogenated alkanes) is 2. The minimum atomic E-state index is -1.01. The Morgan fingerprint density at radius 1 is 1.37 bits per heavy atom. The second-order valence-corrected chi connectivity index (χ2v) is 4.85. The molecule has 0 radical (unpaired) electrons. The van der Waals surface area contributed by atoms with E-state index in [2.05, 4.69) is 19.1 Å². The zero-order valence-corrected chi connectivity index (χ0v) is 11.6. The van der Waals surface area contributed by atoms with Crippen LogP contribution in [0.2, 0.25) is 0 Å². The fourth-order valence-electron chi connectivity index (χ4n) is 2.09. The molecule has 5 nitrogen and oxygen atoms in total. The molecule has 0 spiro atoms. The van der Waals surface area contributed by atoms with E-state index in [1.165, 1.54) is 12.8 Å². The van der Waals surface area contributed by atoms with Crippen LogP contribution >= 0.6 is 0 Å². The first-order valence-electron chi connectivity index (χ1n) is 7.05. The van der Waals surface area contributed by atoms with Gasteiger partial charge in [0.1, 0.15) is 24.4 Å². The number of rotatable bonds is 9. The van der Waals surface area contributed by atoms with Gasteiger partial charge in [0.2, 0.25) is 0 Å². The summed E-state index contributed by atoms with van der Waals surface area (Å²) < 4.78 is 10.8. The van der Waals surface area contributed by atoms with E-state index in [4.69, 9.17) is 14.6 Å². The summed E-state index contributed by atoms with van der Waals surface area (Å²) in [5.41, 5.74) is 0. The minimum absolute atomic E-state index is 0.138. The maximum absolute atomic E-state index is 9.72. The molecule has 1 saturated heterocycles. The molecule has 4 atom stereocenters. The molecular weight excluding hydrogens is 248 g/mol. The Balaban J connectivity index is 2.24. The van der Waals surface area contributed by atoms with Crippen molar-refractivity contribution in [1.29, 1.82) is 0 Å². The van der Waals surface area contributed by atoms with Crippen molar-refractivity contribution in [1.82, 2.24) is 0 Å². The third-order valence-electron chi connectivity index (χ3n) is 3.21. The minimum Gasteiger partial charge on any atom is -0.394 e. The molecule has 19 heavy (non-hydrogen) atoms. The Morgan fingerprint density at radius 3 is 2.79 bits per heavy atom. The molecule has 3 N–H and O–H groups in total. The molecule has 0 aromatic carbocycles. The Bertz CT molecular complexity index is 256. The summed E-state index contributed by atoms with van der Waals surface area (Å²) in [6.07, 6.45) is 5.47. The first-order chi connectivity index (χ1) is 9.20. The van der Waals surface area contributed by atoms with E-state index in [0.717, 1.165) is 12.8 Å². The van der Waals surface area contributed by atoms with Crippen molar-refractivity contribution >= 4 is 0 Å². The highest BCUT2D eigenvalue weighted by Gasteiger charge is 2.40. The lowest BCUT2D eigenvalue weighted by molar-refractivity contribution is -0.0924. The van der Waals surface area contributed by atoms with Gasteiger partial charge in [-0.2, -0.15) is 0 Å². The predicted molar refractivity (Wildman–Crippen MR) is 71.9 cm³/mol. The quantitative estimate of drug-likeness (QED) is 0.424. The highest BCUT2D eigenvalue weighted by molar-refractivity contribution is 4.89. The molecule has 0 aliphatic carbocycles. The van der Waals surface area contributed by atoms with Crippen LogP contribution in [0.15, 0.2) is 12.2 Å². The highest BCUT2D eigenvalue weighted by Crippen LogP contribution is 2.21. The van der Waals surface area contributed by atoms with Crippen LogP contribution in [0.3, 0.4) is 0 Å². The average Bonchev–Trinajstić information content (AvgIpc) is 2.78. The molecule has 1 heterocycles. The molecule has 5 heteroatoms. The van der Waals surface area contributed by atoms with Crippen molar-refractivity contribution in [3.05, 3.63) is 12.2 Å². The van der Waals surface area contributed by atoms with Crippen LogP contribution in [0.25, 0.3) is 0 Å². The van der Waals surface area contributed by atoms with Crippen molar-refractivity contribution < 1.29 is 24.8 Å². The summed E-state index contributed by atoms with van der Waals surface area (Å²) in [7, 11) is 0. The molecule has 0 saturated carbocycles. The van der Waals surface area contributed by atoms with Crippen LogP contribution in [-0.4, -0.2) is 59.6 Å². The second kappa shape index (κ2) is 9.44. The normalized spacial score (nSPS) is 29.2. The molecule has 1 fully saturated rings. The molecule has 0 aromatic heterocycles. The maximum Gasteiger partial charge on any atom is 0.114 e. The van der Waals surface area contributed by atoms with Gasteiger partial charge in [-0.05, 0) is 12.8 Å². The zero-order chi connectivity index (χ0) is 14.1. The summed E-state index contributed by atoms with van der Waals surface area (Å²) in [6, 6.07) is 0. The standard InChI is InChI=1S/C14H26O5/c1-2-3-4-5-6-7-8-18-14-12(17)10-19-13(14)11(16)9-15/h5-6,11-17H,2-4,7-10H2,1H3/b6-5+/t11-,12+,13+,14+/m1/s1. The topological polar surface area (TPSA) is 79.2 Å². The lowest BCUT2D eigenvalue weighted by atomic mass is 10.1. The van der Waals surface area contributed by atoms with Crippen LogP contribution in [0, 0.1) is 0 Å². The lowest BCUT2D eigenvalue weighted by Gasteiger charge is -2.23. The van der Waals surface area contributed by atoms with Gasteiger partial charge in [-0.3, -0.25) is 0 Å². The van der Waals surface area contributed by atoms with Gasteiger partial charge >= 0.3 is 0 Å². The maximum atomic E-state index is 9.72. The summed E-state index contributed by atoms with van der Waals surface area (Å²) in [6.45, 7) is 2.38. The molecule has 112 valence electrons. The smallest absolute Gasteiger partial charge is 0.114 e. The van der Waals surface area contributed by atoms with Gasteiger partial charge in [-0.15, -0.1) is 0 Å². The Hall–Kier alpha value is -0.460. The van der Waals surface area contributed by atoms with E-state index >= 15 is 0 Å². The molecular formula is C14H26O5.